The van der Waals surface area contributed by atoms with Gasteiger partial charge in [-0.1, -0.05) is 44.4 Å². The first-order valence-corrected chi connectivity index (χ1v) is 7.83. The van der Waals surface area contributed by atoms with E-state index in [1.165, 1.54) is 0 Å². The van der Waals surface area contributed by atoms with Crippen molar-refractivity contribution in [1.82, 2.24) is 5.01 Å². The number of nitrogens with one attached hydrogen (secondary N) is 1. The van der Waals surface area contributed by atoms with Crippen LogP contribution in [-0.4, -0.2) is 28.2 Å². The highest BCUT2D eigenvalue weighted by Crippen LogP contribution is 2.31. The van der Waals surface area contributed by atoms with Crippen molar-refractivity contribution in [2.45, 2.75) is 39.5 Å². The molecule has 0 aromatic heterocycles. The van der Waals surface area contributed by atoms with E-state index in [-0.39, 0.29) is 24.1 Å². The molecule has 0 bridgehead atoms. The molecule has 6 heteroatoms. The largest absolute Gasteiger partial charge is 0.506 e. The van der Waals surface area contributed by atoms with Crippen molar-refractivity contribution >= 4 is 35.6 Å². The first-order valence-electron chi connectivity index (χ1n) is 7.45. The van der Waals surface area contributed by atoms with E-state index in [2.05, 4.69) is 18.9 Å². The van der Waals surface area contributed by atoms with E-state index < -0.39 is 0 Å². The van der Waals surface area contributed by atoms with Crippen LogP contribution in [0.1, 0.15) is 45.1 Å². The molecule has 2 rings (SSSR count). The standard InChI is InChI=1S/C16H22ClN3O.ClH/c1-3-4-5-9-14(18)20-10-11(2)15(19-20)12-7-6-8-13(17)16(12)21;/h6-8,11,18,21H,3-5,9-10H2,1-2H3;1H. The summed E-state index contributed by atoms with van der Waals surface area (Å²) in [6.45, 7) is 4.89. The van der Waals surface area contributed by atoms with Gasteiger partial charge in [-0.2, -0.15) is 5.10 Å². The number of phenols is 1. The predicted molar refractivity (Wildman–Crippen MR) is 94.6 cm³/mol. The maximum atomic E-state index is 10.1. The van der Waals surface area contributed by atoms with Gasteiger partial charge >= 0.3 is 0 Å². The Hall–Kier alpha value is -1.26. The van der Waals surface area contributed by atoms with Crippen molar-refractivity contribution in [2.24, 2.45) is 11.0 Å². The first kappa shape index (κ1) is 18.8. The second-order valence-corrected chi connectivity index (χ2v) is 5.92. The molecule has 122 valence electrons. The van der Waals surface area contributed by atoms with Crippen LogP contribution in [0, 0.1) is 11.3 Å². The summed E-state index contributed by atoms with van der Waals surface area (Å²) in [5.74, 6) is 0.789. The molecule has 0 saturated carbocycles. The molecular formula is C16H23Cl2N3O. The normalized spacial score (nSPS) is 17.1. The van der Waals surface area contributed by atoms with E-state index in [0.29, 0.717) is 23.0 Å². The minimum absolute atomic E-state index is 0. The van der Waals surface area contributed by atoms with E-state index >= 15 is 0 Å². The molecule has 1 aliphatic heterocycles. The maximum absolute atomic E-state index is 10.1. The van der Waals surface area contributed by atoms with Gasteiger partial charge in [0.2, 0.25) is 0 Å². The average Bonchev–Trinajstić information content (AvgIpc) is 2.84. The van der Waals surface area contributed by atoms with Crippen molar-refractivity contribution < 1.29 is 5.11 Å². The first-order chi connectivity index (χ1) is 10.0. The molecule has 1 heterocycles. The van der Waals surface area contributed by atoms with E-state index in [9.17, 15) is 5.11 Å². The molecular weight excluding hydrogens is 321 g/mol. The summed E-state index contributed by atoms with van der Waals surface area (Å²) in [6.07, 6.45) is 4.05. The van der Waals surface area contributed by atoms with Gasteiger partial charge in [-0.25, -0.2) is 0 Å². The summed E-state index contributed by atoms with van der Waals surface area (Å²) >= 11 is 5.96. The Bertz CT molecular complexity index is 560. The monoisotopic (exact) mass is 343 g/mol. The Kier molecular flexibility index (Phi) is 7.17. The van der Waals surface area contributed by atoms with Crippen LogP contribution in [0.15, 0.2) is 23.3 Å². The highest BCUT2D eigenvalue weighted by Gasteiger charge is 2.28. The fourth-order valence-electron chi connectivity index (χ4n) is 2.50. The number of phenolic OH excluding ortho intramolecular Hbond substituents is 1. The molecule has 1 unspecified atom stereocenters. The van der Waals surface area contributed by atoms with Crippen molar-refractivity contribution in [2.75, 3.05) is 6.54 Å². The van der Waals surface area contributed by atoms with Crippen molar-refractivity contribution in [3.05, 3.63) is 28.8 Å². The molecule has 2 N–H and O–H groups in total. The fourth-order valence-corrected chi connectivity index (χ4v) is 2.67. The highest BCUT2D eigenvalue weighted by atomic mass is 35.5. The van der Waals surface area contributed by atoms with Crippen LogP contribution in [0.2, 0.25) is 5.02 Å². The Morgan fingerprint density at radius 2 is 2.18 bits per heavy atom. The van der Waals surface area contributed by atoms with Crippen LogP contribution in [-0.2, 0) is 0 Å². The van der Waals surface area contributed by atoms with Crippen LogP contribution in [0.4, 0.5) is 0 Å². The van der Waals surface area contributed by atoms with Gasteiger partial charge in [0.1, 0.15) is 11.6 Å². The lowest BCUT2D eigenvalue weighted by molar-refractivity contribution is 0.440. The second kappa shape index (κ2) is 8.39. The topological polar surface area (TPSA) is 59.7 Å². The highest BCUT2D eigenvalue weighted by molar-refractivity contribution is 6.32. The minimum Gasteiger partial charge on any atom is -0.506 e. The van der Waals surface area contributed by atoms with Crippen molar-refractivity contribution in [3.8, 4) is 5.75 Å². The summed E-state index contributed by atoms with van der Waals surface area (Å²) in [5.41, 5.74) is 1.47. The summed E-state index contributed by atoms with van der Waals surface area (Å²) in [4.78, 5) is 0. The number of aromatic hydroxyl groups is 1. The number of benzene rings is 1. The zero-order valence-electron chi connectivity index (χ0n) is 13.0. The predicted octanol–water partition coefficient (Wildman–Crippen LogP) is 4.68. The van der Waals surface area contributed by atoms with E-state index in [4.69, 9.17) is 17.0 Å². The fraction of sp³-hybridized carbons (Fsp3) is 0.500. The lowest BCUT2D eigenvalue weighted by Gasteiger charge is -2.15. The van der Waals surface area contributed by atoms with Crippen LogP contribution >= 0.6 is 24.0 Å². The number of para-hydroxylation sites is 1. The van der Waals surface area contributed by atoms with Crippen LogP contribution in [0.3, 0.4) is 0 Å². The van der Waals surface area contributed by atoms with Gasteiger partial charge in [-0.05, 0) is 18.6 Å². The Balaban J connectivity index is 0.00000242. The molecule has 0 aliphatic carbocycles. The molecule has 0 amide bonds. The number of rotatable bonds is 5. The average molecular weight is 344 g/mol. The number of unbranched alkanes of at least 4 members (excludes halogenated alkanes) is 2. The van der Waals surface area contributed by atoms with Crippen molar-refractivity contribution in [3.63, 3.8) is 0 Å². The molecule has 1 aromatic carbocycles. The molecule has 1 aromatic rings. The number of nitrogens with zero attached hydrogens (tertiary/aromatic N) is 2. The third kappa shape index (κ3) is 4.14. The number of halogens is 2. The van der Waals surface area contributed by atoms with Crippen LogP contribution < -0.4 is 0 Å². The summed E-state index contributed by atoms with van der Waals surface area (Å²) in [5, 5.41) is 24.8. The number of hydrogen-bond acceptors (Lipinski definition) is 3. The quantitative estimate of drug-likeness (QED) is 0.463. The third-order valence-corrected chi connectivity index (χ3v) is 4.04. The SMILES string of the molecule is CCCCCC(=N)N1CC(C)C(c2cccc(Cl)c2O)=N1.Cl. The number of hydrogen-bond donors (Lipinski definition) is 2. The minimum atomic E-state index is 0. The van der Waals surface area contributed by atoms with Gasteiger partial charge in [0.05, 0.1) is 17.3 Å². The second-order valence-electron chi connectivity index (χ2n) is 5.51. The van der Waals surface area contributed by atoms with Gasteiger partial charge in [-0.15, -0.1) is 12.4 Å². The van der Waals surface area contributed by atoms with Crippen molar-refractivity contribution in [1.29, 1.82) is 5.41 Å². The maximum Gasteiger partial charge on any atom is 0.143 e. The number of hydrazone groups is 1. The zero-order chi connectivity index (χ0) is 15.4. The zero-order valence-corrected chi connectivity index (χ0v) is 14.5. The van der Waals surface area contributed by atoms with Gasteiger partial charge < -0.3 is 5.11 Å². The smallest absolute Gasteiger partial charge is 0.143 e. The molecule has 0 spiro atoms. The van der Waals surface area contributed by atoms with E-state index in [1.807, 2.05) is 12.1 Å². The number of amidine groups is 1. The van der Waals surface area contributed by atoms with E-state index in [1.54, 1.807) is 11.1 Å². The summed E-state index contributed by atoms with van der Waals surface area (Å²) in [6, 6.07) is 5.29. The lowest BCUT2D eigenvalue weighted by atomic mass is 9.98. The molecule has 0 radical (unpaired) electrons. The lowest BCUT2D eigenvalue weighted by Crippen LogP contribution is -2.24. The van der Waals surface area contributed by atoms with E-state index in [0.717, 1.165) is 31.4 Å². The molecule has 4 nitrogen and oxygen atoms in total. The van der Waals surface area contributed by atoms with Gasteiger partial charge in [-0.3, -0.25) is 10.4 Å². The molecule has 1 atom stereocenters. The summed E-state index contributed by atoms with van der Waals surface area (Å²) < 4.78 is 0. The van der Waals surface area contributed by atoms with Gasteiger partial charge in [0.25, 0.3) is 0 Å². The van der Waals surface area contributed by atoms with Crippen LogP contribution in [0.25, 0.3) is 0 Å². The molecule has 1 aliphatic rings. The van der Waals surface area contributed by atoms with Crippen LogP contribution in [0.5, 0.6) is 5.75 Å². The Labute approximate surface area is 143 Å². The molecule has 22 heavy (non-hydrogen) atoms. The molecule has 0 saturated heterocycles. The Morgan fingerprint density at radius 1 is 1.45 bits per heavy atom. The van der Waals surface area contributed by atoms with Gasteiger partial charge in [0, 0.05) is 17.9 Å². The Morgan fingerprint density at radius 3 is 2.86 bits per heavy atom. The summed E-state index contributed by atoms with van der Waals surface area (Å²) in [7, 11) is 0. The third-order valence-electron chi connectivity index (χ3n) is 3.73. The molecule has 0 fully saturated rings. The van der Waals surface area contributed by atoms with Gasteiger partial charge in [0.15, 0.2) is 0 Å².